The standard InChI is InChI=1S/C32H16N6O4/c39-27-17-7-3-1-5-15(17)25-21(27)19(23-29(33-25)35-37-31(23)41)13-9-11-14(12-10-13)20-22-26(34-30-24(20)32(42)38-36-30)16-6-2-4-8-18(16)28(22)40/h1-12H,(H2,33,35,37,41)(H2,34,36,38,42). The van der Waals surface area contributed by atoms with Crippen LogP contribution in [0.25, 0.3) is 66.8 Å². The van der Waals surface area contributed by atoms with Crippen LogP contribution in [0.2, 0.25) is 0 Å². The summed E-state index contributed by atoms with van der Waals surface area (Å²) in [7, 11) is 0. The average molecular weight is 549 g/mol. The number of hydrogen-bond acceptors (Lipinski definition) is 6. The van der Waals surface area contributed by atoms with Crippen molar-refractivity contribution in [2.75, 3.05) is 0 Å². The van der Waals surface area contributed by atoms with E-state index in [1.54, 1.807) is 48.5 Å². The molecular formula is C32H16N6O4. The van der Waals surface area contributed by atoms with Crippen LogP contribution in [0.4, 0.5) is 0 Å². The van der Waals surface area contributed by atoms with Crippen molar-refractivity contribution in [3.63, 3.8) is 0 Å². The van der Waals surface area contributed by atoms with E-state index in [4.69, 9.17) is 0 Å². The average Bonchev–Trinajstić information content (AvgIpc) is 3.75. The molecule has 10 heteroatoms. The van der Waals surface area contributed by atoms with E-state index < -0.39 is 0 Å². The number of rotatable bonds is 2. The van der Waals surface area contributed by atoms with Crippen LogP contribution in [-0.2, 0) is 0 Å². The largest absolute Gasteiger partial charge is 0.288 e. The number of H-pyrrole nitrogens is 4. The van der Waals surface area contributed by atoms with Crippen molar-refractivity contribution in [1.29, 1.82) is 0 Å². The molecule has 2 aliphatic rings. The Labute approximate surface area is 234 Å². The van der Waals surface area contributed by atoms with E-state index in [1.807, 2.05) is 24.3 Å². The Bertz CT molecular complexity index is 2320. The highest BCUT2D eigenvalue weighted by Crippen LogP contribution is 2.45. The molecule has 42 heavy (non-hydrogen) atoms. The van der Waals surface area contributed by atoms with Gasteiger partial charge in [-0.05, 0) is 11.1 Å². The van der Waals surface area contributed by atoms with Gasteiger partial charge in [0.15, 0.2) is 22.9 Å². The fourth-order valence-electron chi connectivity index (χ4n) is 6.41. The lowest BCUT2D eigenvalue weighted by molar-refractivity contribution is 0.103. The summed E-state index contributed by atoms with van der Waals surface area (Å²) in [6.45, 7) is 0. The zero-order valence-corrected chi connectivity index (χ0v) is 21.5. The van der Waals surface area contributed by atoms with E-state index in [-0.39, 0.29) is 33.5 Å². The number of aromatic nitrogens is 6. The van der Waals surface area contributed by atoms with Gasteiger partial charge in [0.1, 0.15) is 0 Å². The van der Waals surface area contributed by atoms with E-state index in [9.17, 15) is 19.2 Å². The molecule has 10 nitrogen and oxygen atoms in total. The van der Waals surface area contributed by atoms with Crippen LogP contribution in [0, 0.1) is 0 Å². The summed E-state index contributed by atoms with van der Waals surface area (Å²) in [4.78, 5) is 62.4. The van der Waals surface area contributed by atoms with E-state index in [0.29, 0.717) is 78.3 Å². The summed E-state index contributed by atoms with van der Waals surface area (Å²) in [6.07, 6.45) is 0. The first-order valence-corrected chi connectivity index (χ1v) is 13.2. The summed E-state index contributed by atoms with van der Waals surface area (Å²) < 4.78 is 0. The minimum Gasteiger partial charge on any atom is -0.288 e. The van der Waals surface area contributed by atoms with Gasteiger partial charge in [0.2, 0.25) is 0 Å². The second-order valence-electron chi connectivity index (χ2n) is 10.4. The molecule has 0 bridgehead atoms. The van der Waals surface area contributed by atoms with Gasteiger partial charge in [-0.15, -0.1) is 0 Å². The zero-order valence-electron chi connectivity index (χ0n) is 21.5. The molecule has 0 aliphatic heterocycles. The number of nitrogens with zero attached hydrogens (tertiary/aromatic N) is 2. The molecule has 0 amide bonds. The minimum absolute atomic E-state index is 0.203. The van der Waals surface area contributed by atoms with Crippen LogP contribution in [0.5, 0.6) is 0 Å². The maximum Gasteiger partial charge on any atom is 0.274 e. The maximum absolute atomic E-state index is 13.6. The molecule has 4 heterocycles. The van der Waals surface area contributed by atoms with Crippen LogP contribution < -0.4 is 11.1 Å². The van der Waals surface area contributed by atoms with Crippen molar-refractivity contribution in [2.24, 2.45) is 0 Å². The van der Waals surface area contributed by atoms with Crippen LogP contribution in [0.1, 0.15) is 31.8 Å². The molecule has 3 aromatic carbocycles. The normalized spacial score (nSPS) is 13.0. The molecule has 198 valence electrons. The monoisotopic (exact) mass is 548 g/mol. The van der Waals surface area contributed by atoms with Gasteiger partial charge in [0.05, 0.1) is 33.3 Å². The number of ketones is 2. The molecule has 7 aromatic rings. The van der Waals surface area contributed by atoms with Crippen molar-refractivity contribution in [2.45, 2.75) is 0 Å². The first kappa shape index (κ1) is 22.6. The molecule has 0 saturated carbocycles. The van der Waals surface area contributed by atoms with E-state index in [2.05, 4.69) is 30.4 Å². The number of carbonyl (C=O) groups excluding carboxylic acids is 2. The number of pyridine rings is 2. The van der Waals surface area contributed by atoms with Gasteiger partial charge in [-0.2, -0.15) is 0 Å². The Kier molecular flexibility index (Phi) is 4.17. The lowest BCUT2D eigenvalue weighted by atomic mass is 9.91. The molecule has 0 radical (unpaired) electrons. The maximum atomic E-state index is 13.6. The van der Waals surface area contributed by atoms with Crippen molar-refractivity contribution >= 4 is 33.6 Å². The number of nitrogens with one attached hydrogen (secondary N) is 4. The molecule has 0 saturated heterocycles. The Morgan fingerprint density at radius 1 is 0.429 bits per heavy atom. The first-order chi connectivity index (χ1) is 20.5. The molecular weight excluding hydrogens is 532 g/mol. The third-order valence-electron chi connectivity index (χ3n) is 8.21. The van der Waals surface area contributed by atoms with Crippen LogP contribution in [0.3, 0.4) is 0 Å². The van der Waals surface area contributed by atoms with Crippen molar-refractivity contribution < 1.29 is 9.59 Å². The highest BCUT2D eigenvalue weighted by atomic mass is 16.1. The Morgan fingerprint density at radius 2 is 0.810 bits per heavy atom. The third-order valence-corrected chi connectivity index (χ3v) is 8.21. The van der Waals surface area contributed by atoms with Gasteiger partial charge < -0.3 is 0 Å². The number of hydrogen-bond donors (Lipinski definition) is 4. The molecule has 9 rings (SSSR count). The lowest BCUT2D eigenvalue weighted by Gasteiger charge is -2.12. The molecule has 0 spiro atoms. The summed E-state index contributed by atoms with van der Waals surface area (Å²) in [5.41, 5.74) is 6.30. The van der Waals surface area contributed by atoms with Gasteiger partial charge in [-0.1, -0.05) is 72.8 Å². The van der Waals surface area contributed by atoms with E-state index >= 15 is 0 Å². The number of carbonyl (C=O) groups is 2. The molecule has 4 N–H and O–H groups in total. The van der Waals surface area contributed by atoms with Crippen molar-refractivity contribution in [1.82, 2.24) is 30.4 Å². The second-order valence-corrected chi connectivity index (χ2v) is 10.4. The van der Waals surface area contributed by atoms with Gasteiger partial charge in [0.25, 0.3) is 11.1 Å². The fraction of sp³-hybridized carbons (Fsp3) is 0. The SMILES string of the molecule is O=C1c2ccccc2-c2nc3[nH][nH]c(=O)c3c(-c3ccc(-c4c5c(nc6[nH][nH]c(=O)c46)-c4ccccc4C5=O)cc3)c21. The van der Waals surface area contributed by atoms with Gasteiger partial charge >= 0.3 is 0 Å². The summed E-state index contributed by atoms with van der Waals surface area (Å²) >= 11 is 0. The third kappa shape index (κ3) is 2.72. The lowest BCUT2D eigenvalue weighted by Crippen LogP contribution is -2.06. The summed E-state index contributed by atoms with van der Waals surface area (Å²) in [5.74, 6) is -0.406. The van der Waals surface area contributed by atoms with Crippen LogP contribution in [0.15, 0.2) is 82.4 Å². The van der Waals surface area contributed by atoms with Gasteiger partial charge in [-0.3, -0.25) is 39.6 Å². The summed E-state index contributed by atoms with van der Waals surface area (Å²) in [6, 6.07) is 21.6. The second kappa shape index (κ2) is 7.73. The quantitative estimate of drug-likeness (QED) is 0.248. The Balaban J connectivity index is 1.30. The highest BCUT2D eigenvalue weighted by Gasteiger charge is 2.35. The zero-order chi connectivity index (χ0) is 28.3. The Morgan fingerprint density at radius 3 is 1.21 bits per heavy atom. The predicted molar refractivity (Wildman–Crippen MR) is 156 cm³/mol. The van der Waals surface area contributed by atoms with E-state index in [1.165, 1.54) is 0 Å². The predicted octanol–water partition coefficient (Wildman–Crippen LogP) is 4.57. The van der Waals surface area contributed by atoms with Gasteiger partial charge in [0, 0.05) is 33.4 Å². The number of aromatic amines is 4. The topological polar surface area (TPSA) is 157 Å². The molecule has 0 atom stereocenters. The van der Waals surface area contributed by atoms with Crippen LogP contribution >= 0.6 is 0 Å². The van der Waals surface area contributed by atoms with Gasteiger partial charge in [-0.25, -0.2) is 9.97 Å². The number of fused-ring (bicyclic) bond motifs is 8. The van der Waals surface area contributed by atoms with E-state index in [0.717, 1.165) is 0 Å². The molecule has 0 fully saturated rings. The number of benzene rings is 3. The first-order valence-electron chi connectivity index (χ1n) is 13.2. The van der Waals surface area contributed by atoms with Crippen LogP contribution in [-0.4, -0.2) is 41.9 Å². The Hall–Kier alpha value is -6.16. The highest BCUT2D eigenvalue weighted by molar-refractivity contribution is 6.27. The molecule has 2 aliphatic carbocycles. The summed E-state index contributed by atoms with van der Waals surface area (Å²) in [5, 5.41) is 11.4. The molecule has 0 unspecified atom stereocenters. The molecule has 4 aromatic heterocycles. The fourth-order valence-corrected chi connectivity index (χ4v) is 6.41. The minimum atomic E-state index is -0.390. The van der Waals surface area contributed by atoms with Crippen molar-refractivity contribution in [3.05, 3.63) is 116 Å². The van der Waals surface area contributed by atoms with Crippen molar-refractivity contribution in [3.8, 4) is 44.8 Å². The smallest absolute Gasteiger partial charge is 0.274 e.